The average molecular weight is 260 g/mol. The number of rotatable bonds is 4. The number of hydrogen-bond donors (Lipinski definition) is 2. The van der Waals surface area contributed by atoms with Crippen molar-refractivity contribution >= 4 is 17.0 Å². The fourth-order valence-corrected chi connectivity index (χ4v) is 1.79. The van der Waals surface area contributed by atoms with E-state index in [0.717, 1.165) is 0 Å². The molecule has 3 N–H and O–H groups in total. The van der Waals surface area contributed by atoms with Gasteiger partial charge in [0.2, 0.25) is 0 Å². The first-order valence-electron chi connectivity index (χ1n) is 5.69. The van der Waals surface area contributed by atoms with Gasteiger partial charge in [-0.2, -0.15) is 0 Å². The standard InChI is InChI=1S/C10H12N8O/c11-9-8-10(13-5-12-9)17(6-14-8)1-2-18-3-7(4-19)15-16-18/h3,5-6,19H,1-2,4H2,(H2,11,12,13). The third-order valence-corrected chi connectivity index (χ3v) is 2.75. The molecule has 0 spiro atoms. The Balaban J connectivity index is 1.80. The van der Waals surface area contributed by atoms with Crippen LogP contribution in [0.5, 0.6) is 0 Å². The van der Waals surface area contributed by atoms with E-state index in [4.69, 9.17) is 10.8 Å². The number of imidazole rings is 1. The van der Waals surface area contributed by atoms with Gasteiger partial charge in [0.1, 0.15) is 17.5 Å². The highest BCUT2D eigenvalue weighted by Gasteiger charge is 2.07. The van der Waals surface area contributed by atoms with Crippen LogP contribution in [0.2, 0.25) is 0 Å². The number of hydrogen-bond acceptors (Lipinski definition) is 7. The van der Waals surface area contributed by atoms with E-state index in [1.807, 2.05) is 4.57 Å². The van der Waals surface area contributed by atoms with Crippen LogP contribution >= 0.6 is 0 Å². The smallest absolute Gasteiger partial charge is 0.165 e. The van der Waals surface area contributed by atoms with Crippen LogP contribution in [0.25, 0.3) is 11.2 Å². The molecule has 9 heteroatoms. The molecule has 0 saturated heterocycles. The second-order valence-corrected chi connectivity index (χ2v) is 4.00. The maximum Gasteiger partial charge on any atom is 0.165 e. The lowest BCUT2D eigenvalue weighted by Gasteiger charge is -2.03. The molecule has 0 fully saturated rings. The SMILES string of the molecule is Nc1ncnc2c1ncn2CCn1cc(CO)nn1. The Morgan fingerprint density at radius 1 is 1.21 bits per heavy atom. The number of nitrogens with two attached hydrogens (primary N) is 1. The van der Waals surface area contributed by atoms with Crippen LogP contribution in [0.3, 0.4) is 0 Å². The van der Waals surface area contributed by atoms with Crippen LogP contribution in [-0.4, -0.2) is 39.6 Å². The molecule has 3 rings (SSSR count). The molecular formula is C10H12N8O. The molecule has 19 heavy (non-hydrogen) atoms. The van der Waals surface area contributed by atoms with Gasteiger partial charge >= 0.3 is 0 Å². The number of aliphatic hydroxyl groups is 1. The second kappa shape index (κ2) is 4.61. The van der Waals surface area contributed by atoms with Gasteiger partial charge in [0.05, 0.1) is 25.7 Å². The van der Waals surface area contributed by atoms with Crippen molar-refractivity contribution < 1.29 is 5.11 Å². The van der Waals surface area contributed by atoms with E-state index in [9.17, 15) is 0 Å². The molecule has 0 aliphatic heterocycles. The van der Waals surface area contributed by atoms with Gasteiger partial charge in [-0.05, 0) is 0 Å². The zero-order chi connectivity index (χ0) is 13.2. The number of anilines is 1. The minimum atomic E-state index is -0.113. The molecule has 9 nitrogen and oxygen atoms in total. The second-order valence-electron chi connectivity index (χ2n) is 4.00. The summed E-state index contributed by atoms with van der Waals surface area (Å²) in [5, 5.41) is 16.6. The number of aliphatic hydroxyl groups excluding tert-OH is 1. The summed E-state index contributed by atoms with van der Waals surface area (Å²) in [5.41, 5.74) is 7.54. The summed E-state index contributed by atoms with van der Waals surface area (Å²) in [4.78, 5) is 12.2. The first kappa shape index (κ1) is 11.5. The lowest BCUT2D eigenvalue weighted by Crippen LogP contribution is -2.08. The normalized spacial score (nSPS) is 11.2. The first-order chi connectivity index (χ1) is 9.28. The molecule has 0 aliphatic carbocycles. The molecule has 0 atom stereocenters. The van der Waals surface area contributed by atoms with Gasteiger partial charge in [-0.25, -0.2) is 15.0 Å². The van der Waals surface area contributed by atoms with E-state index in [0.29, 0.717) is 35.8 Å². The van der Waals surface area contributed by atoms with E-state index in [-0.39, 0.29) is 6.61 Å². The van der Waals surface area contributed by atoms with Gasteiger partial charge in [-0.15, -0.1) is 5.10 Å². The molecular weight excluding hydrogens is 248 g/mol. The van der Waals surface area contributed by atoms with E-state index >= 15 is 0 Å². The highest BCUT2D eigenvalue weighted by atomic mass is 16.3. The van der Waals surface area contributed by atoms with Crippen molar-refractivity contribution in [3.8, 4) is 0 Å². The molecule has 3 aromatic heterocycles. The maximum atomic E-state index is 8.91. The van der Waals surface area contributed by atoms with Gasteiger partial charge < -0.3 is 15.4 Å². The Morgan fingerprint density at radius 3 is 2.89 bits per heavy atom. The van der Waals surface area contributed by atoms with Crippen LogP contribution < -0.4 is 5.73 Å². The molecule has 3 heterocycles. The molecule has 0 radical (unpaired) electrons. The Labute approximate surface area is 107 Å². The topological polar surface area (TPSA) is 121 Å². The Morgan fingerprint density at radius 2 is 2.11 bits per heavy atom. The number of fused-ring (bicyclic) bond motifs is 1. The van der Waals surface area contributed by atoms with Crippen LogP contribution in [0.1, 0.15) is 5.69 Å². The predicted octanol–water partition coefficient (Wildman–Crippen LogP) is -0.808. The third kappa shape index (κ3) is 2.10. The van der Waals surface area contributed by atoms with Gasteiger partial charge in [0.15, 0.2) is 11.5 Å². The molecule has 0 bridgehead atoms. The quantitative estimate of drug-likeness (QED) is 0.629. The molecule has 98 valence electrons. The molecule has 3 aromatic rings. The van der Waals surface area contributed by atoms with Crippen LogP contribution in [0.4, 0.5) is 5.82 Å². The van der Waals surface area contributed by atoms with Crippen LogP contribution in [-0.2, 0) is 19.7 Å². The van der Waals surface area contributed by atoms with Gasteiger partial charge in [-0.1, -0.05) is 5.21 Å². The monoisotopic (exact) mass is 260 g/mol. The Kier molecular flexibility index (Phi) is 2.80. The van der Waals surface area contributed by atoms with E-state index in [2.05, 4.69) is 25.3 Å². The van der Waals surface area contributed by atoms with Crippen molar-refractivity contribution in [3.63, 3.8) is 0 Å². The largest absolute Gasteiger partial charge is 0.390 e. The third-order valence-electron chi connectivity index (χ3n) is 2.75. The highest BCUT2D eigenvalue weighted by molar-refractivity contribution is 5.80. The number of aromatic nitrogens is 7. The van der Waals surface area contributed by atoms with Crippen molar-refractivity contribution in [2.45, 2.75) is 19.7 Å². The molecule has 0 aliphatic rings. The number of nitrogens with zero attached hydrogens (tertiary/aromatic N) is 7. The summed E-state index contributed by atoms with van der Waals surface area (Å²) in [6.45, 7) is 1.11. The lowest BCUT2D eigenvalue weighted by molar-refractivity contribution is 0.276. The van der Waals surface area contributed by atoms with Crippen LogP contribution in [0.15, 0.2) is 18.9 Å². The fourth-order valence-electron chi connectivity index (χ4n) is 1.79. The minimum Gasteiger partial charge on any atom is -0.390 e. The zero-order valence-corrected chi connectivity index (χ0v) is 10.0. The van der Waals surface area contributed by atoms with Gasteiger partial charge in [0, 0.05) is 6.54 Å². The fraction of sp³-hybridized carbons (Fsp3) is 0.300. The molecule has 0 unspecified atom stereocenters. The summed E-state index contributed by atoms with van der Waals surface area (Å²) < 4.78 is 3.52. The maximum absolute atomic E-state index is 8.91. The van der Waals surface area contributed by atoms with E-state index < -0.39 is 0 Å². The number of aryl methyl sites for hydroxylation is 2. The average Bonchev–Trinajstić information content (AvgIpc) is 3.03. The first-order valence-corrected chi connectivity index (χ1v) is 5.69. The minimum absolute atomic E-state index is 0.113. The van der Waals surface area contributed by atoms with Crippen molar-refractivity contribution in [3.05, 3.63) is 24.5 Å². The van der Waals surface area contributed by atoms with Crippen LogP contribution in [0, 0.1) is 0 Å². The van der Waals surface area contributed by atoms with E-state index in [1.54, 1.807) is 17.2 Å². The van der Waals surface area contributed by atoms with Gasteiger partial charge in [0.25, 0.3) is 0 Å². The van der Waals surface area contributed by atoms with E-state index in [1.165, 1.54) is 6.33 Å². The summed E-state index contributed by atoms with van der Waals surface area (Å²) in [7, 11) is 0. The van der Waals surface area contributed by atoms with Crippen molar-refractivity contribution in [1.82, 2.24) is 34.5 Å². The highest BCUT2D eigenvalue weighted by Crippen LogP contribution is 2.13. The van der Waals surface area contributed by atoms with Gasteiger partial charge in [-0.3, -0.25) is 4.68 Å². The predicted molar refractivity (Wildman–Crippen MR) is 65.7 cm³/mol. The van der Waals surface area contributed by atoms with Crippen molar-refractivity contribution in [1.29, 1.82) is 0 Å². The summed E-state index contributed by atoms with van der Waals surface area (Å²) in [5.74, 6) is 0.368. The van der Waals surface area contributed by atoms with Crippen molar-refractivity contribution in [2.75, 3.05) is 5.73 Å². The molecule has 0 aromatic carbocycles. The molecule has 0 amide bonds. The summed E-state index contributed by atoms with van der Waals surface area (Å²) >= 11 is 0. The lowest BCUT2D eigenvalue weighted by atomic mass is 10.5. The Bertz CT molecular complexity index is 702. The number of nitrogen functional groups attached to an aromatic ring is 1. The molecule has 0 saturated carbocycles. The zero-order valence-electron chi connectivity index (χ0n) is 10.0. The summed E-state index contributed by atoms with van der Waals surface area (Å²) in [6, 6.07) is 0. The Hall–Kier alpha value is -2.55. The summed E-state index contributed by atoms with van der Waals surface area (Å²) in [6.07, 6.45) is 4.78. The van der Waals surface area contributed by atoms with Crippen molar-refractivity contribution in [2.24, 2.45) is 0 Å².